The lowest BCUT2D eigenvalue weighted by molar-refractivity contribution is 0.587. The lowest BCUT2D eigenvalue weighted by Crippen LogP contribution is -2.14. The number of anilines is 1. The molecule has 0 spiro atoms. The number of nitrogens with one attached hydrogen (secondary N) is 1. The fourth-order valence-electron chi connectivity index (χ4n) is 1.89. The molecule has 0 amide bonds. The van der Waals surface area contributed by atoms with Crippen LogP contribution in [0.3, 0.4) is 0 Å². The highest BCUT2D eigenvalue weighted by Gasteiger charge is 2.12. The van der Waals surface area contributed by atoms with E-state index in [1.165, 1.54) is 6.07 Å². The molecule has 0 saturated heterocycles. The largest absolute Gasteiger partial charge is 0.381 e. The molecule has 2 aromatic rings. The highest BCUT2D eigenvalue weighted by Crippen LogP contribution is 2.20. The van der Waals surface area contributed by atoms with Crippen LogP contribution in [0.5, 0.6) is 0 Å². The molecule has 0 aliphatic rings. The predicted molar refractivity (Wildman–Crippen MR) is 76.2 cm³/mol. The van der Waals surface area contributed by atoms with Crippen molar-refractivity contribution in [1.29, 1.82) is 0 Å². The van der Waals surface area contributed by atoms with Gasteiger partial charge in [0, 0.05) is 17.8 Å². The van der Waals surface area contributed by atoms with Crippen molar-refractivity contribution in [2.45, 2.75) is 18.4 Å². The number of primary sulfonamides is 1. The van der Waals surface area contributed by atoms with Crippen molar-refractivity contribution >= 4 is 15.7 Å². The van der Waals surface area contributed by atoms with Crippen LogP contribution in [-0.2, 0) is 16.6 Å². The summed E-state index contributed by atoms with van der Waals surface area (Å²) < 4.78 is 49.4. The Balaban J connectivity index is 2.23. The van der Waals surface area contributed by atoms with Crippen LogP contribution in [0.25, 0.3) is 0 Å². The maximum atomic E-state index is 13.5. The van der Waals surface area contributed by atoms with Gasteiger partial charge in [0.25, 0.3) is 0 Å². The SMILES string of the molecule is Cc1ccc(NCc2cc(F)ccc2F)cc1S(N)(=O)=O. The van der Waals surface area contributed by atoms with Crippen LogP contribution in [-0.4, -0.2) is 8.42 Å². The molecule has 7 heteroatoms. The Morgan fingerprint density at radius 1 is 1.14 bits per heavy atom. The van der Waals surface area contributed by atoms with Crippen molar-refractivity contribution in [2.24, 2.45) is 5.14 Å². The van der Waals surface area contributed by atoms with Crippen molar-refractivity contribution in [2.75, 3.05) is 5.32 Å². The van der Waals surface area contributed by atoms with E-state index in [1.54, 1.807) is 19.1 Å². The summed E-state index contributed by atoms with van der Waals surface area (Å²) in [6, 6.07) is 7.74. The molecule has 0 radical (unpaired) electrons. The first-order chi connectivity index (χ1) is 9.77. The highest BCUT2D eigenvalue weighted by atomic mass is 32.2. The average Bonchev–Trinajstić information content (AvgIpc) is 2.40. The molecule has 0 aliphatic carbocycles. The van der Waals surface area contributed by atoms with Crippen LogP contribution in [0.1, 0.15) is 11.1 Å². The maximum Gasteiger partial charge on any atom is 0.238 e. The van der Waals surface area contributed by atoms with E-state index < -0.39 is 21.7 Å². The van der Waals surface area contributed by atoms with Gasteiger partial charge < -0.3 is 5.32 Å². The van der Waals surface area contributed by atoms with Gasteiger partial charge in [-0.1, -0.05) is 6.07 Å². The second-order valence-corrected chi connectivity index (χ2v) is 6.14. The molecular weight excluding hydrogens is 298 g/mol. The van der Waals surface area contributed by atoms with Gasteiger partial charge in [-0.15, -0.1) is 0 Å². The Morgan fingerprint density at radius 2 is 1.86 bits per heavy atom. The van der Waals surface area contributed by atoms with E-state index in [1.807, 2.05) is 0 Å². The molecule has 4 nitrogen and oxygen atoms in total. The number of hydrogen-bond donors (Lipinski definition) is 2. The van der Waals surface area contributed by atoms with Gasteiger partial charge in [-0.2, -0.15) is 0 Å². The Hall–Kier alpha value is -1.99. The Labute approximate surface area is 121 Å². The number of sulfonamides is 1. The van der Waals surface area contributed by atoms with Crippen molar-refractivity contribution in [3.8, 4) is 0 Å². The molecule has 0 unspecified atom stereocenters. The molecule has 0 aromatic heterocycles. The number of benzene rings is 2. The molecule has 0 saturated carbocycles. The lowest BCUT2D eigenvalue weighted by atomic mass is 10.2. The zero-order valence-electron chi connectivity index (χ0n) is 11.2. The smallest absolute Gasteiger partial charge is 0.238 e. The molecule has 0 heterocycles. The summed E-state index contributed by atoms with van der Waals surface area (Å²) >= 11 is 0. The monoisotopic (exact) mass is 312 g/mol. The topological polar surface area (TPSA) is 72.2 Å². The van der Waals surface area contributed by atoms with Crippen molar-refractivity contribution in [3.63, 3.8) is 0 Å². The number of aryl methyl sites for hydroxylation is 1. The Kier molecular flexibility index (Phi) is 4.24. The van der Waals surface area contributed by atoms with Gasteiger partial charge in [0.15, 0.2) is 0 Å². The van der Waals surface area contributed by atoms with Crippen molar-refractivity contribution in [3.05, 3.63) is 59.2 Å². The number of hydrogen-bond acceptors (Lipinski definition) is 3. The third-order valence-corrected chi connectivity index (χ3v) is 4.04. The lowest BCUT2D eigenvalue weighted by Gasteiger charge is -2.10. The standard InChI is InChI=1S/C14H14F2N2O2S/c1-9-2-4-12(7-14(9)21(17,19)20)18-8-10-6-11(15)3-5-13(10)16/h2-7,18H,8H2,1H3,(H2,17,19,20). The summed E-state index contributed by atoms with van der Waals surface area (Å²) in [7, 11) is -3.83. The Morgan fingerprint density at radius 3 is 2.52 bits per heavy atom. The molecule has 0 bridgehead atoms. The van der Waals surface area contributed by atoms with Crippen LogP contribution in [0, 0.1) is 18.6 Å². The minimum Gasteiger partial charge on any atom is -0.381 e. The third kappa shape index (κ3) is 3.77. The zero-order valence-corrected chi connectivity index (χ0v) is 12.0. The average molecular weight is 312 g/mol. The van der Waals surface area contributed by atoms with E-state index in [9.17, 15) is 17.2 Å². The number of halogens is 2. The van der Waals surface area contributed by atoms with E-state index in [0.29, 0.717) is 11.3 Å². The molecule has 0 aliphatic heterocycles. The van der Waals surface area contributed by atoms with Crippen LogP contribution < -0.4 is 10.5 Å². The number of nitrogens with two attached hydrogens (primary N) is 1. The molecule has 112 valence electrons. The van der Waals surface area contributed by atoms with E-state index in [-0.39, 0.29) is 17.0 Å². The molecule has 3 N–H and O–H groups in total. The minimum atomic E-state index is -3.83. The van der Waals surface area contributed by atoms with Crippen LogP contribution in [0.4, 0.5) is 14.5 Å². The van der Waals surface area contributed by atoms with Crippen LogP contribution in [0.15, 0.2) is 41.3 Å². The zero-order chi connectivity index (χ0) is 15.6. The first-order valence-corrected chi connectivity index (χ1v) is 7.63. The number of rotatable bonds is 4. The van der Waals surface area contributed by atoms with Gasteiger partial charge in [0.2, 0.25) is 10.0 Å². The van der Waals surface area contributed by atoms with Gasteiger partial charge in [-0.25, -0.2) is 22.3 Å². The summed E-state index contributed by atoms with van der Waals surface area (Å²) in [4.78, 5) is -0.00721. The van der Waals surface area contributed by atoms with Crippen molar-refractivity contribution in [1.82, 2.24) is 0 Å². The fourth-order valence-corrected chi connectivity index (χ4v) is 2.70. The second kappa shape index (κ2) is 5.79. The molecule has 2 aromatic carbocycles. The summed E-state index contributed by atoms with van der Waals surface area (Å²) in [5.41, 5.74) is 1.11. The minimum absolute atomic E-state index is 0.00721. The first kappa shape index (κ1) is 15.4. The molecular formula is C14H14F2N2O2S. The highest BCUT2D eigenvalue weighted by molar-refractivity contribution is 7.89. The van der Waals surface area contributed by atoms with E-state index in [4.69, 9.17) is 5.14 Å². The maximum absolute atomic E-state index is 13.5. The van der Waals surface area contributed by atoms with Crippen LogP contribution >= 0.6 is 0 Å². The second-order valence-electron chi connectivity index (χ2n) is 4.61. The van der Waals surface area contributed by atoms with Gasteiger partial charge in [0.1, 0.15) is 11.6 Å². The summed E-state index contributed by atoms with van der Waals surface area (Å²) in [6.45, 7) is 1.65. The molecule has 2 rings (SSSR count). The third-order valence-electron chi connectivity index (χ3n) is 2.99. The first-order valence-electron chi connectivity index (χ1n) is 6.08. The molecule has 0 atom stereocenters. The van der Waals surface area contributed by atoms with E-state index in [0.717, 1.165) is 18.2 Å². The Bertz CT molecular complexity index is 777. The quantitative estimate of drug-likeness (QED) is 0.911. The van der Waals surface area contributed by atoms with Crippen molar-refractivity contribution < 1.29 is 17.2 Å². The normalized spacial score (nSPS) is 11.4. The molecule has 21 heavy (non-hydrogen) atoms. The van der Waals surface area contributed by atoms with E-state index >= 15 is 0 Å². The van der Waals surface area contributed by atoms with Gasteiger partial charge >= 0.3 is 0 Å². The van der Waals surface area contributed by atoms with Gasteiger partial charge in [0.05, 0.1) is 4.90 Å². The summed E-state index contributed by atoms with van der Waals surface area (Å²) in [5, 5.41) is 7.95. The summed E-state index contributed by atoms with van der Waals surface area (Å²) in [5.74, 6) is -1.08. The summed E-state index contributed by atoms with van der Waals surface area (Å²) in [6.07, 6.45) is 0. The van der Waals surface area contributed by atoms with E-state index in [2.05, 4.69) is 5.32 Å². The van der Waals surface area contributed by atoms with Gasteiger partial charge in [-0.3, -0.25) is 0 Å². The predicted octanol–water partition coefficient (Wildman–Crippen LogP) is 2.53. The fraction of sp³-hybridized carbons (Fsp3) is 0.143. The van der Waals surface area contributed by atoms with Gasteiger partial charge in [-0.05, 0) is 42.8 Å². The van der Waals surface area contributed by atoms with Crippen LogP contribution in [0.2, 0.25) is 0 Å². The molecule has 0 fully saturated rings.